The first kappa shape index (κ1) is 23.3. The fourth-order valence-electron chi connectivity index (χ4n) is 3.80. The molecule has 1 heterocycles. The zero-order chi connectivity index (χ0) is 21.4. The first-order valence-electron chi connectivity index (χ1n) is 10.2. The summed E-state index contributed by atoms with van der Waals surface area (Å²) in [5, 5.41) is 0. The third-order valence-corrected chi connectivity index (χ3v) is 5.13. The Balaban J connectivity index is 0.000000941. The third kappa shape index (κ3) is 5.76. The molecule has 29 heavy (non-hydrogen) atoms. The summed E-state index contributed by atoms with van der Waals surface area (Å²) >= 11 is 1.62. The predicted octanol–water partition coefficient (Wildman–Crippen LogP) is 8.24. The quantitative estimate of drug-likeness (QED) is 0.249. The number of hydrogen-bond acceptors (Lipinski definition) is 0. The molecule has 3 rings (SSSR count). The van der Waals surface area contributed by atoms with E-state index < -0.39 is 0 Å². The Morgan fingerprint density at radius 3 is 1.83 bits per heavy atom. The molecule has 0 fully saturated rings. The molecular formula is C26H34N2Ni. The Kier molecular flexibility index (Phi) is 9.05. The number of rotatable bonds is 6. The van der Waals surface area contributed by atoms with E-state index in [0.717, 1.165) is 35.4 Å². The van der Waals surface area contributed by atoms with Crippen molar-refractivity contribution in [2.45, 2.75) is 65.2 Å². The molecule has 0 radical (unpaired) electrons. The standard InChI is InChI=1S/C24H28N2.2CH3.Ni/c1-5-6-7-14-22-19(4)23(20-12-8-10-17(2)15-20)26(25)24(22)21-13-9-11-18(3)16-21;;;/h8-13,15-16H,5-7,14H2,1-4H3;2*1H3;. The molecule has 158 valence electrons. The number of aryl methyl sites for hydroxylation is 2. The van der Waals surface area contributed by atoms with Crippen LogP contribution < -0.4 is 0 Å². The van der Waals surface area contributed by atoms with Crippen LogP contribution in [0.25, 0.3) is 16.9 Å². The molecule has 2 aromatic rings. The van der Waals surface area contributed by atoms with Gasteiger partial charge < -0.3 is 5.53 Å². The fourth-order valence-corrected chi connectivity index (χ4v) is 3.80. The van der Waals surface area contributed by atoms with Gasteiger partial charge in [-0.05, 0) is 57.9 Å². The summed E-state index contributed by atoms with van der Waals surface area (Å²) in [4.78, 5) is 0. The van der Waals surface area contributed by atoms with Gasteiger partial charge >= 0.3 is 26.2 Å². The molecule has 0 spiro atoms. The van der Waals surface area contributed by atoms with E-state index in [1.54, 1.807) is 14.4 Å². The molecule has 0 aliphatic carbocycles. The first-order chi connectivity index (χ1) is 13.9. The van der Waals surface area contributed by atoms with Gasteiger partial charge in [-0.25, -0.2) is 4.70 Å². The van der Waals surface area contributed by atoms with Gasteiger partial charge in [0, 0.05) is 22.3 Å². The van der Waals surface area contributed by atoms with Crippen LogP contribution in [-0.4, -0.2) is 4.70 Å². The van der Waals surface area contributed by atoms with E-state index in [2.05, 4.69) is 88.0 Å². The molecule has 0 amide bonds. The first-order valence-corrected chi connectivity index (χ1v) is 12.2. The normalized spacial score (nSPS) is 13.8. The van der Waals surface area contributed by atoms with Gasteiger partial charge in [0.15, 0.2) is 0 Å². The van der Waals surface area contributed by atoms with Crippen LogP contribution >= 0.6 is 0 Å². The average molecular weight is 433 g/mol. The average Bonchev–Trinajstić information content (AvgIpc) is 2.92. The number of hydrogen-bond donors (Lipinski definition) is 0. The van der Waals surface area contributed by atoms with Crippen LogP contribution in [0, 0.1) is 13.8 Å². The van der Waals surface area contributed by atoms with Crippen LogP contribution in [0.3, 0.4) is 0 Å². The van der Waals surface area contributed by atoms with Gasteiger partial charge in [-0.15, -0.1) is 0 Å². The molecule has 1 aliphatic heterocycles. The monoisotopic (exact) mass is 432 g/mol. The van der Waals surface area contributed by atoms with Gasteiger partial charge in [0.25, 0.3) is 0 Å². The van der Waals surface area contributed by atoms with E-state index in [0.29, 0.717) is 0 Å². The van der Waals surface area contributed by atoms with Gasteiger partial charge in [0.05, 0.1) is 0 Å². The molecule has 2 nitrogen and oxygen atoms in total. The minimum atomic E-state index is 0.914. The van der Waals surface area contributed by atoms with Crippen molar-refractivity contribution in [3.8, 4) is 0 Å². The van der Waals surface area contributed by atoms with E-state index >= 15 is 0 Å². The Hall–Kier alpha value is -1.99. The second-order valence-electron chi connectivity index (χ2n) is 7.62. The Labute approximate surface area is 183 Å². The molecular weight excluding hydrogens is 399 g/mol. The summed E-state index contributed by atoms with van der Waals surface area (Å²) < 4.78 is 1.42. The van der Waals surface area contributed by atoms with Crippen molar-refractivity contribution >= 4 is 11.4 Å². The van der Waals surface area contributed by atoms with Gasteiger partial charge in [-0.3, -0.25) is 0 Å². The molecule has 0 aromatic heterocycles. The van der Waals surface area contributed by atoms with Gasteiger partial charge in [0.1, 0.15) is 0 Å². The molecule has 0 bridgehead atoms. The molecule has 0 N–H and O–H groups in total. The summed E-state index contributed by atoms with van der Waals surface area (Å²) in [6.45, 7) is 8.56. The summed E-state index contributed by atoms with van der Waals surface area (Å²) in [7, 11) is 0. The molecule has 1 aliphatic rings. The van der Waals surface area contributed by atoms with E-state index in [9.17, 15) is 5.53 Å². The predicted molar refractivity (Wildman–Crippen MR) is 121 cm³/mol. The minimum absolute atomic E-state index is 0.914. The van der Waals surface area contributed by atoms with Crippen LogP contribution in [-0.2, 0) is 14.4 Å². The van der Waals surface area contributed by atoms with Crippen molar-refractivity contribution in [3.05, 3.63) is 87.5 Å². The fraction of sp³-hybridized carbons (Fsp3) is 0.385. The molecule has 2 aromatic carbocycles. The third-order valence-electron chi connectivity index (χ3n) is 5.13. The van der Waals surface area contributed by atoms with E-state index in [-0.39, 0.29) is 0 Å². The summed E-state index contributed by atoms with van der Waals surface area (Å²) in [5.41, 5.74) is 20.0. The number of unbranched alkanes of at least 4 members (excludes halogenated alkanes) is 2. The van der Waals surface area contributed by atoms with Gasteiger partial charge in [-0.2, -0.15) is 0 Å². The van der Waals surface area contributed by atoms with E-state index in [1.807, 2.05) is 0 Å². The molecule has 0 atom stereocenters. The zero-order valence-corrected chi connectivity index (χ0v) is 19.6. The maximum absolute atomic E-state index is 11.2. The van der Waals surface area contributed by atoms with Crippen LogP contribution in [0.1, 0.15) is 61.8 Å². The van der Waals surface area contributed by atoms with Crippen molar-refractivity contribution in [2.75, 3.05) is 0 Å². The van der Waals surface area contributed by atoms with Gasteiger partial charge in [-0.1, -0.05) is 55.2 Å². The second-order valence-corrected chi connectivity index (χ2v) is 8.61. The van der Waals surface area contributed by atoms with Crippen molar-refractivity contribution in [1.82, 2.24) is 0 Å². The second kappa shape index (κ2) is 11.3. The van der Waals surface area contributed by atoms with Crippen LogP contribution in [0.4, 0.5) is 0 Å². The van der Waals surface area contributed by atoms with Crippen molar-refractivity contribution in [2.24, 2.45) is 0 Å². The summed E-state index contributed by atoms with van der Waals surface area (Å²) in [5.74, 6) is 4.12. The maximum atomic E-state index is 11.2. The summed E-state index contributed by atoms with van der Waals surface area (Å²) in [6.07, 6.45) is 4.55. The van der Waals surface area contributed by atoms with E-state index in [4.69, 9.17) is 0 Å². The number of benzene rings is 2. The van der Waals surface area contributed by atoms with Crippen molar-refractivity contribution < 1.29 is 19.1 Å². The van der Waals surface area contributed by atoms with Crippen molar-refractivity contribution in [3.63, 3.8) is 0 Å². The number of nitrogens with zero attached hydrogens (tertiary/aromatic N) is 2. The molecule has 0 saturated heterocycles. The Morgan fingerprint density at radius 1 is 0.828 bits per heavy atom. The van der Waals surface area contributed by atoms with Crippen LogP contribution in [0.2, 0.25) is 11.8 Å². The van der Waals surface area contributed by atoms with Gasteiger partial charge in [0.2, 0.25) is 11.4 Å². The number of allylic oxidation sites excluding steroid dienone is 2. The topological polar surface area (TPSA) is 25.3 Å². The molecule has 0 saturated carbocycles. The van der Waals surface area contributed by atoms with Crippen molar-refractivity contribution in [1.29, 1.82) is 0 Å². The van der Waals surface area contributed by atoms with E-state index in [1.165, 1.54) is 39.8 Å². The molecule has 0 unspecified atom stereocenters. The SMILES string of the molecule is CCCCCC1=C(c2cccc(C)c2)[N+](=[N-])C(c2cccc(C)c2)=C1C.[CH3][Ni][CH3]. The molecule has 3 heteroatoms. The summed E-state index contributed by atoms with van der Waals surface area (Å²) in [6, 6.07) is 16.8. The Bertz CT molecular complexity index is 922. The Morgan fingerprint density at radius 2 is 1.34 bits per heavy atom. The van der Waals surface area contributed by atoms with Crippen LogP contribution in [0.15, 0.2) is 59.7 Å². The van der Waals surface area contributed by atoms with Crippen LogP contribution in [0.5, 0.6) is 0 Å². The zero-order valence-electron chi connectivity index (χ0n) is 18.7.